The average Bonchev–Trinajstić information content (AvgIpc) is 2.42. The molecule has 7 heteroatoms. The van der Waals surface area contributed by atoms with Crippen molar-refractivity contribution in [1.29, 1.82) is 0 Å². The zero-order valence-corrected chi connectivity index (χ0v) is 11.3. The summed E-state index contributed by atoms with van der Waals surface area (Å²) >= 11 is 11.0. The highest BCUT2D eigenvalue weighted by molar-refractivity contribution is 6.32. The maximum Gasteiger partial charge on any atom is 0.171 e. The minimum Gasteiger partial charge on any atom is -0.504 e. The molecule has 0 saturated carbocycles. The minimum atomic E-state index is -1.01. The van der Waals surface area contributed by atoms with Gasteiger partial charge < -0.3 is 5.11 Å². The van der Waals surface area contributed by atoms with Crippen molar-refractivity contribution in [2.45, 2.75) is 6.42 Å². The zero-order valence-electron chi connectivity index (χ0n) is 9.83. The number of carbonyl (C=O) groups excluding carboxylic acids is 1. The highest BCUT2D eigenvalue weighted by Crippen LogP contribution is 2.29. The lowest BCUT2D eigenvalue weighted by molar-refractivity contribution is 0.0987. The van der Waals surface area contributed by atoms with E-state index in [1.807, 2.05) is 0 Å². The summed E-state index contributed by atoms with van der Waals surface area (Å²) in [5.74, 6) is -3.40. The Morgan fingerprint density at radius 1 is 1.20 bits per heavy atom. The predicted molar refractivity (Wildman–Crippen MR) is 70.3 cm³/mol. The van der Waals surface area contributed by atoms with E-state index >= 15 is 0 Å². The second-order valence-electron chi connectivity index (χ2n) is 3.93. The summed E-state index contributed by atoms with van der Waals surface area (Å²) in [5, 5.41) is 8.74. The first-order valence-electron chi connectivity index (χ1n) is 5.41. The van der Waals surface area contributed by atoms with Crippen LogP contribution in [0.3, 0.4) is 0 Å². The van der Waals surface area contributed by atoms with Crippen LogP contribution < -0.4 is 0 Å². The third-order valence-electron chi connectivity index (χ3n) is 2.64. The molecule has 0 spiro atoms. The van der Waals surface area contributed by atoms with Crippen molar-refractivity contribution < 1.29 is 18.7 Å². The van der Waals surface area contributed by atoms with Gasteiger partial charge in [0.25, 0.3) is 0 Å². The molecule has 1 aromatic heterocycles. The molecule has 0 aliphatic carbocycles. The normalized spacial score (nSPS) is 10.6. The van der Waals surface area contributed by atoms with Crippen molar-refractivity contribution in [3.8, 4) is 5.75 Å². The summed E-state index contributed by atoms with van der Waals surface area (Å²) < 4.78 is 27.3. The molecule has 0 aliphatic heterocycles. The lowest BCUT2D eigenvalue weighted by Gasteiger charge is -2.06. The van der Waals surface area contributed by atoms with Gasteiger partial charge in [0.1, 0.15) is 0 Å². The van der Waals surface area contributed by atoms with Gasteiger partial charge in [0.15, 0.2) is 28.3 Å². The Balaban J connectivity index is 2.33. The van der Waals surface area contributed by atoms with Gasteiger partial charge in [-0.1, -0.05) is 29.3 Å². The Labute approximate surface area is 122 Å². The third kappa shape index (κ3) is 2.73. The number of nitrogens with zero attached hydrogens (tertiary/aromatic N) is 1. The van der Waals surface area contributed by atoms with Gasteiger partial charge in [-0.05, 0) is 17.7 Å². The molecule has 20 heavy (non-hydrogen) atoms. The minimum absolute atomic E-state index is 0.0933. The lowest BCUT2D eigenvalue weighted by atomic mass is 10.0. The number of phenolic OH excluding ortho intramolecular Hbond substituents is 1. The van der Waals surface area contributed by atoms with Crippen molar-refractivity contribution >= 4 is 29.0 Å². The van der Waals surface area contributed by atoms with Crippen LogP contribution in [0.4, 0.5) is 8.78 Å². The monoisotopic (exact) mass is 317 g/mol. The number of hydrogen-bond acceptors (Lipinski definition) is 3. The van der Waals surface area contributed by atoms with E-state index in [9.17, 15) is 18.7 Å². The molecule has 0 atom stereocenters. The van der Waals surface area contributed by atoms with E-state index < -0.39 is 34.7 Å². The number of carbonyl (C=O) groups is 1. The van der Waals surface area contributed by atoms with Gasteiger partial charge in [-0.15, -0.1) is 0 Å². The number of aromatic nitrogens is 1. The van der Waals surface area contributed by atoms with E-state index in [0.29, 0.717) is 0 Å². The Morgan fingerprint density at radius 3 is 2.60 bits per heavy atom. The van der Waals surface area contributed by atoms with Crippen LogP contribution in [0.1, 0.15) is 15.9 Å². The maximum absolute atomic E-state index is 13.7. The molecule has 0 unspecified atom stereocenters. The number of pyridine rings is 1. The summed E-state index contributed by atoms with van der Waals surface area (Å²) in [5.41, 5.74) is -0.386. The van der Waals surface area contributed by atoms with Gasteiger partial charge in [-0.2, -0.15) is 0 Å². The Kier molecular flexibility index (Phi) is 4.20. The summed E-state index contributed by atoms with van der Waals surface area (Å²) in [6, 6.07) is 3.64. The largest absolute Gasteiger partial charge is 0.504 e. The molecule has 0 amide bonds. The molecule has 0 aliphatic rings. The van der Waals surface area contributed by atoms with E-state index in [0.717, 1.165) is 6.07 Å². The van der Waals surface area contributed by atoms with Crippen molar-refractivity contribution in [3.05, 3.63) is 57.3 Å². The fourth-order valence-corrected chi connectivity index (χ4v) is 1.93. The van der Waals surface area contributed by atoms with Gasteiger partial charge in [-0.3, -0.25) is 4.79 Å². The molecule has 0 fully saturated rings. The topological polar surface area (TPSA) is 50.2 Å². The number of benzene rings is 1. The fraction of sp³-hybridized carbons (Fsp3) is 0.0769. The van der Waals surface area contributed by atoms with Crippen molar-refractivity contribution in [1.82, 2.24) is 4.98 Å². The second kappa shape index (κ2) is 5.73. The van der Waals surface area contributed by atoms with Crippen LogP contribution in [0.25, 0.3) is 0 Å². The van der Waals surface area contributed by atoms with Crippen LogP contribution >= 0.6 is 23.2 Å². The Morgan fingerprint density at radius 2 is 1.90 bits per heavy atom. The molecule has 0 bridgehead atoms. The Hall–Kier alpha value is -1.72. The van der Waals surface area contributed by atoms with E-state index in [-0.39, 0.29) is 16.1 Å². The number of halogens is 4. The quantitative estimate of drug-likeness (QED) is 0.692. The van der Waals surface area contributed by atoms with Gasteiger partial charge in [0.05, 0.1) is 10.6 Å². The number of aromatic hydroxyl groups is 1. The van der Waals surface area contributed by atoms with Crippen LogP contribution in [0.15, 0.2) is 24.4 Å². The van der Waals surface area contributed by atoms with Crippen LogP contribution in [0.2, 0.25) is 10.2 Å². The standard InChI is InChI=1S/C13H7Cl2F2NO2/c14-8-2-1-6(10(16)12(8)20)5-9(19)7-3-4-18-13(15)11(7)17/h1-4,20H,5H2. The van der Waals surface area contributed by atoms with Gasteiger partial charge in [0, 0.05) is 12.6 Å². The third-order valence-corrected chi connectivity index (χ3v) is 3.21. The molecule has 0 saturated heterocycles. The van der Waals surface area contributed by atoms with Crippen LogP contribution in [-0.4, -0.2) is 15.9 Å². The highest BCUT2D eigenvalue weighted by atomic mass is 35.5. The number of hydrogen-bond donors (Lipinski definition) is 1. The highest BCUT2D eigenvalue weighted by Gasteiger charge is 2.19. The summed E-state index contributed by atoms with van der Waals surface area (Å²) in [7, 11) is 0. The van der Waals surface area contributed by atoms with Crippen LogP contribution in [0, 0.1) is 11.6 Å². The van der Waals surface area contributed by atoms with Gasteiger partial charge in [0.2, 0.25) is 0 Å². The molecular formula is C13H7Cl2F2NO2. The fourth-order valence-electron chi connectivity index (χ4n) is 1.62. The molecule has 3 nitrogen and oxygen atoms in total. The number of rotatable bonds is 3. The van der Waals surface area contributed by atoms with E-state index in [1.54, 1.807) is 0 Å². The van der Waals surface area contributed by atoms with Gasteiger partial charge >= 0.3 is 0 Å². The molecule has 1 heterocycles. The van der Waals surface area contributed by atoms with Gasteiger partial charge in [-0.25, -0.2) is 13.8 Å². The lowest BCUT2D eigenvalue weighted by Crippen LogP contribution is -2.08. The SMILES string of the molecule is O=C(Cc1ccc(Cl)c(O)c1F)c1ccnc(Cl)c1F. The second-order valence-corrected chi connectivity index (χ2v) is 4.70. The maximum atomic E-state index is 13.7. The average molecular weight is 318 g/mol. The van der Waals surface area contributed by atoms with E-state index in [4.69, 9.17) is 23.2 Å². The summed E-state index contributed by atoms with van der Waals surface area (Å²) in [4.78, 5) is 15.4. The first-order chi connectivity index (χ1) is 9.41. The van der Waals surface area contributed by atoms with Crippen molar-refractivity contribution in [2.75, 3.05) is 0 Å². The molecule has 104 valence electrons. The first kappa shape index (κ1) is 14.7. The van der Waals surface area contributed by atoms with Crippen LogP contribution in [0.5, 0.6) is 5.75 Å². The van der Waals surface area contributed by atoms with E-state index in [1.165, 1.54) is 18.3 Å². The van der Waals surface area contributed by atoms with Crippen LogP contribution in [-0.2, 0) is 6.42 Å². The molecular weight excluding hydrogens is 311 g/mol. The Bertz CT molecular complexity index is 692. The summed E-state index contributed by atoms with van der Waals surface area (Å²) in [6.07, 6.45) is 0.738. The van der Waals surface area contributed by atoms with E-state index in [2.05, 4.69) is 4.98 Å². The number of Topliss-reactive ketones (excluding diaryl/α,β-unsaturated/α-hetero) is 1. The molecule has 0 radical (unpaired) electrons. The number of ketones is 1. The number of phenols is 1. The molecule has 1 N–H and O–H groups in total. The zero-order chi connectivity index (χ0) is 14.9. The van der Waals surface area contributed by atoms with Crippen molar-refractivity contribution in [3.63, 3.8) is 0 Å². The molecule has 1 aromatic carbocycles. The van der Waals surface area contributed by atoms with Crippen molar-refractivity contribution in [2.24, 2.45) is 0 Å². The summed E-state index contributed by atoms with van der Waals surface area (Å²) in [6.45, 7) is 0. The molecule has 2 aromatic rings. The first-order valence-corrected chi connectivity index (χ1v) is 6.16. The molecule has 2 rings (SSSR count). The smallest absolute Gasteiger partial charge is 0.171 e. The predicted octanol–water partition coefficient (Wildman–Crippen LogP) is 3.80.